The lowest BCUT2D eigenvalue weighted by Gasteiger charge is -2.28. The first-order valence-corrected chi connectivity index (χ1v) is 9.00. The summed E-state index contributed by atoms with van der Waals surface area (Å²) in [4.78, 5) is 0. The maximum atomic E-state index is 15.0. The van der Waals surface area contributed by atoms with Crippen molar-refractivity contribution in [1.82, 2.24) is 0 Å². The zero-order valence-corrected chi connectivity index (χ0v) is 14.8. The first kappa shape index (κ1) is 17.1. The molecule has 2 atom stereocenters. The quantitative estimate of drug-likeness (QED) is 0.558. The number of benzene rings is 2. The van der Waals surface area contributed by atoms with E-state index < -0.39 is 0 Å². The van der Waals surface area contributed by atoms with E-state index in [0.717, 1.165) is 12.0 Å². The molecule has 24 heavy (non-hydrogen) atoms. The number of hydrogen-bond acceptors (Lipinski definition) is 0. The monoisotopic (exact) mass is 328 g/mol. The van der Waals surface area contributed by atoms with Gasteiger partial charge in [-0.25, -0.2) is 8.78 Å². The SMILES string of the molecule is CCC1([C@H](C)[C@@H](C)Cc2cccc(-c3cccc(F)c3)c2F)CC1. The predicted molar refractivity (Wildman–Crippen MR) is 95.8 cm³/mol. The van der Waals surface area contributed by atoms with Crippen LogP contribution < -0.4 is 0 Å². The van der Waals surface area contributed by atoms with Gasteiger partial charge in [0.05, 0.1) is 0 Å². The highest BCUT2D eigenvalue weighted by Gasteiger charge is 2.46. The highest BCUT2D eigenvalue weighted by molar-refractivity contribution is 5.65. The second-order valence-corrected chi connectivity index (χ2v) is 7.48. The molecule has 0 bridgehead atoms. The van der Waals surface area contributed by atoms with Gasteiger partial charge in [-0.3, -0.25) is 0 Å². The molecule has 2 aromatic carbocycles. The highest BCUT2D eigenvalue weighted by atomic mass is 19.1. The molecule has 0 nitrogen and oxygen atoms in total. The molecule has 0 heterocycles. The van der Waals surface area contributed by atoms with Crippen LogP contribution in [-0.4, -0.2) is 0 Å². The van der Waals surface area contributed by atoms with Crippen molar-refractivity contribution in [2.45, 2.75) is 46.5 Å². The Morgan fingerprint density at radius 3 is 2.38 bits per heavy atom. The van der Waals surface area contributed by atoms with Gasteiger partial charge in [0.2, 0.25) is 0 Å². The highest BCUT2D eigenvalue weighted by Crippen LogP contribution is 2.57. The number of halogens is 2. The molecule has 0 unspecified atom stereocenters. The molecule has 0 radical (unpaired) electrons. The van der Waals surface area contributed by atoms with E-state index in [-0.39, 0.29) is 11.6 Å². The van der Waals surface area contributed by atoms with Crippen LogP contribution in [-0.2, 0) is 6.42 Å². The Morgan fingerprint density at radius 2 is 1.75 bits per heavy atom. The number of rotatable bonds is 6. The maximum absolute atomic E-state index is 15.0. The average Bonchev–Trinajstić information content (AvgIpc) is 3.37. The van der Waals surface area contributed by atoms with E-state index in [0.29, 0.717) is 28.4 Å². The van der Waals surface area contributed by atoms with Gasteiger partial charge in [0.15, 0.2) is 0 Å². The van der Waals surface area contributed by atoms with Crippen molar-refractivity contribution in [2.75, 3.05) is 0 Å². The topological polar surface area (TPSA) is 0 Å². The van der Waals surface area contributed by atoms with Gasteiger partial charge >= 0.3 is 0 Å². The van der Waals surface area contributed by atoms with Crippen molar-refractivity contribution < 1.29 is 8.78 Å². The summed E-state index contributed by atoms with van der Waals surface area (Å²) >= 11 is 0. The van der Waals surface area contributed by atoms with E-state index in [4.69, 9.17) is 0 Å². The molecule has 128 valence electrons. The second-order valence-electron chi connectivity index (χ2n) is 7.48. The van der Waals surface area contributed by atoms with Gasteiger partial charge in [0.25, 0.3) is 0 Å². The molecule has 0 amide bonds. The summed E-state index contributed by atoms with van der Waals surface area (Å²) in [5, 5.41) is 0. The fourth-order valence-electron chi connectivity index (χ4n) is 4.04. The molecule has 1 aliphatic rings. The van der Waals surface area contributed by atoms with Gasteiger partial charge < -0.3 is 0 Å². The fraction of sp³-hybridized carbons (Fsp3) is 0.455. The van der Waals surface area contributed by atoms with Crippen LogP contribution in [0.15, 0.2) is 42.5 Å². The Kier molecular flexibility index (Phi) is 4.76. The van der Waals surface area contributed by atoms with Crippen LogP contribution in [0.25, 0.3) is 11.1 Å². The maximum Gasteiger partial charge on any atom is 0.134 e. The fourth-order valence-corrected chi connectivity index (χ4v) is 4.04. The normalized spacial score (nSPS) is 18.2. The minimum absolute atomic E-state index is 0.205. The van der Waals surface area contributed by atoms with E-state index in [1.165, 1.54) is 31.4 Å². The van der Waals surface area contributed by atoms with Crippen LogP contribution in [0.4, 0.5) is 8.78 Å². The molecule has 2 aromatic rings. The van der Waals surface area contributed by atoms with Crippen molar-refractivity contribution in [3.8, 4) is 11.1 Å². The van der Waals surface area contributed by atoms with Crippen LogP contribution in [0.5, 0.6) is 0 Å². The van der Waals surface area contributed by atoms with Gasteiger partial charge in [0, 0.05) is 5.56 Å². The predicted octanol–water partition coefficient (Wildman–Crippen LogP) is 6.64. The average molecular weight is 328 g/mol. The summed E-state index contributed by atoms with van der Waals surface area (Å²) in [6, 6.07) is 11.6. The van der Waals surface area contributed by atoms with Gasteiger partial charge in [-0.15, -0.1) is 0 Å². The van der Waals surface area contributed by atoms with Gasteiger partial charge in [-0.1, -0.05) is 57.5 Å². The first-order chi connectivity index (χ1) is 11.5. The summed E-state index contributed by atoms with van der Waals surface area (Å²) in [6.07, 6.45) is 4.56. The van der Waals surface area contributed by atoms with E-state index in [1.807, 2.05) is 12.1 Å². The molecule has 1 fully saturated rings. The lowest BCUT2D eigenvalue weighted by molar-refractivity contribution is 0.230. The Balaban J connectivity index is 1.83. The van der Waals surface area contributed by atoms with Crippen LogP contribution >= 0.6 is 0 Å². The lowest BCUT2D eigenvalue weighted by atomic mass is 9.77. The van der Waals surface area contributed by atoms with Gasteiger partial charge in [0.1, 0.15) is 11.6 Å². The summed E-state index contributed by atoms with van der Waals surface area (Å²) in [5.74, 6) is 0.492. The molecule has 2 heteroatoms. The van der Waals surface area contributed by atoms with Crippen molar-refractivity contribution >= 4 is 0 Å². The molecule has 3 rings (SSSR count). The van der Waals surface area contributed by atoms with Crippen LogP contribution in [0.1, 0.15) is 45.6 Å². The standard InChI is InChI=1S/C22H26F2/c1-4-22(11-12-22)16(3)15(2)13-18-8-6-10-20(21(18)24)17-7-5-9-19(23)14-17/h5-10,14-16H,4,11-13H2,1-3H3/t15-,16+/m0/s1. The zero-order chi connectivity index (χ0) is 17.3. The minimum Gasteiger partial charge on any atom is -0.207 e. The smallest absolute Gasteiger partial charge is 0.134 e. The van der Waals surface area contributed by atoms with E-state index >= 15 is 0 Å². The van der Waals surface area contributed by atoms with E-state index in [2.05, 4.69) is 20.8 Å². The molecule has 0 spiro atoms. The summed E-state index contributed by atoms with van der Waals surface area (Å²) < 4.78 is 28.4. The van der Waals surface area contributed by atoms with Gasteiger partial charge in [-0.05, 0) is 59.8 Å². The summed E-state index contributed by atoms with van der Waals surface area (Å²) in [7, 11) is 0. The Morgan fingerprint density at radius 1 is 1.04 bits per heavy atom. The Labute approximate surface area is 143 Å². The molecule has 1 aliphatic carbocycles. The molecule has 0 aromatic heterocycles. The van der Waals surface area contributed by atoms with Crippen molar-refractivity contribution in [1.29, 1.82) is 0 Å². The Bertz CT molecular complexity index is 716. The number of hydrogen-bond donors (Lipinski definition) is 0. The molecular formula is C22H26F2. The zero-order valence-electron chi connectivity index (χ0n) is 14.8. The van der Waals surface area contributed by atoms with Crippen molar-refractivity contribution in [3.63, 3.8) is 0 Å². The summed E-state index contributed by atoms with van der Waals surface area (Å²) in [5.41, 5.74) is 2.31. The largest absolute Gasteiger partial charge is 0.207 e. The van der Waals surface area contributed by atoms with Crippen LogP contribution in [0.3, 0.4) is 0 Å². The van der Waals surface area contributed by atoms with E-state index in [9.17, 15) is 8.78 Å². The molecule has 0 N–H and O–H groups in total. The van der Waals surface area contributed by atoms with Gasteiger partial charge in [-0.2, -0.15) is 0 Å². The summed E-state index contributed by atoms with van der Waals surface area (Å²) in [6.45, 7) is 6.81. The second kappa shape index (κ2) is 6.66. The Hall–Kier alpha value is -1.70. The molecule has 0 saturated heterocycles. The molecule has 1 saturated carbocycles. The lowest BCUT2D eigenvalue weighted by Crippen LogP contribution is -2.21. The molecule has 0 aliphatic heterocycles. The third-order valence-electron chi connectivity index (χ3n) is 6.17. The van der Waals surface area contributed by atoms with Crippen LogP contribution in [0, 0.1) is 28.9 Å². The minimum atomic E-state index is -0.335. The third-order valence-corrected chi connectivity index (χ3v) is 6.17. The van der Waals surface area contributed by atoms with Crippen molar-refractivity contribution in [3.05, 3.63) is 59.7 Å². The van der Waals surface area contributed by atoms with E-state index in [1.54, 1.807) is 18.2 Å². The van der Waals surface area contributed by atoms with Crippen molar-refractivity contribution in [2.24, 2.45) is 17.3 Å². The first-order valence-electron chi connectivity index (χ1n) is 9.00. The third kappa shape index (κ3) is 3.24. The van der Waals surface area contributed by atoms with Crippen LogP contribution in [0.2, 0.25) is 0 Å². The molecular weight excluding hydrogens is 302 g/mol.